The zero-order chi connectivity index (χ0) is 41.4. The van der Waals surface area contributed by atoms with Crippen molar-refractivity contribution in [1.82, 2.24) is 20.3 Å². The van der Waals surface area contributed by atoms with Crippen molar-refractivity contribution in [2.24, 2.45) is 5.73 Å². The maximum absolute atomic E-state index is 13.3. The molecule has 0 spiro atoms. The minimum atomic E-state index is -0.875. The Labute approximate surface area is 328 Å². The maximum Gasteiger partial charge on any atom is 0.360 e. The van der Waals surface area contributed by atoms with Crippen LogP contribution in [-0.2, 0) is 14.3 Å². The molecule has 0 aliphatic heterocycles. The van der Waals surface area contributed by atoms with Crippen molar-refractivity contribution in [1.29, 1.82) is 0 Å². The number of rotatable bonds is 14. The zero-order valence-electron chi connectivity index (χ0n) is 30.0. The predicted molar refractivity (Wildman–Crippen MR) is 202 cm³/mol. The molecule has 6 rings (SSSR count). The number of esters is 2. The van der Waals surface area contributed by atoms with Crippen LogP contribution in [0, 0.1) is 11.6 Å². The molecule has 1 amide bonds. The first-order valence-corrected chi connectivity index (χ1v) is 18.1. The average Bonchev–Trinajstić information content (AvgIpc) is 4.01. The van der Waals surface area contributed by atoms with Gasteiger partial charge in [-0.15, -0.1) is 0 Å². The van der Waals surface area contributed by atoms with Crippen molar-refractivity contribution in [2.45, 2.75) is 26.8 Å². The summed E-state index contributed by atoms with van der Waals surface area (Å²) in [5.41, 5.74) is 17.9. The van der Waals surface area contributed by atoms with Crippen molar-refractivity contribution in [3.8, 4) is 0 Å². The summed E-state index contributed by atoms with van der Waals surface area (Å²) in [7, 11) is 0. The Morgan fingerprint density at radius 3 is 1.74 bits per heavy atom. The highest BCUT2D eigenvalue weighted by Crippen LogP contribution is 2.36. The molecule has 0 unspecified atom stereocenters. The first-order chi connectivity index (χ1) is 27.2. The molecule has 7 N–H and O–H groups in total. The number of carbonyl (C=O) groups excluding carboxylic acids is 5. The van der Waals surface area contributed by atoms with Gasteiger partial charge >= 0.3 is 11.9 Å². The zero-order valence-corrected chi connectivity index (χ0v) is 31.6. The molecule has 6 aromatic rings. The van der Waals surface area contributed by atoms with Crippen LogP contribution in [0.3, 0.4) is 0 Å². The number of benzene rings is 2. The first-order valence-electron chi connectivity index (χ1n) is 16.5. The molecule has 0 aliphatic rings. The molecule has 0 radical (unpaired) electrons. The highest BCUT2D eigenvalue weighted by Gasteiger charge is 2.30. The third-order valence-corrected chi connectivity index (χ3v) is 9.40. The number of nitrogens with zero attached hydrogens (tertiary/aromatic N) is 5. The van der Waals surface area contributed by atoms with E-state index in [4.69, 9.17) is 35.7 Å². The Hall–Kier alpha value is -7.07. The van der Waals surface area contributed by atoms with Gasteiger partial charge in [0.25, 0.3) is 0 Å². The molecule has 0 saturated carbocycles. The summed E-state index contributed by atoms with van der Waals surface area (Å²) in [5, 5.41) is 10.5. The highest BCUT2D eigenvalue weighted by atomic mass is 32.1. The lowest BCUT2D eigenvalue weighted by atomic mass is 10.2. The van der Waals surface area contributed by atoms with Gasteiger partial charge in [0.1, 0.15) is 39.1 Å². The molecule has 18 nitrogen and oxygen atoms in total. The van der Waals surface area contributed by atoms with Crippen LogP contribution in [0.1, 0.15) is 72.6 Å². The number of ketones is 2. The molecular formula is C35H31F2N9O9S2. The number of anilines is 6. The molecule has 2 aromatic carbocycles. The molecule has 0 aliphatic carbocycles. The van der Waals surface area contributed by atoms with Crippen LogP contribution in [0.2, 0.25) is 0 Å². The van der Waals surface area contributed by atoms with E-state index in [1.54, 1.807) is 13.8 Å². The van der Waals surface area contributed by atoms with Gasteiger partial charge in [-0.25, -0.2) is 28.3 Å². The minimum Gasteiger partial charge on any atom is -0.461 e. The summed E-state index contributed by atoms with van der Waals surface area (Å²) >= 11 is 1.87. The fourth-order valence-corrected chi connectivity index (χ4v) is 6.49. The highest BCUT2D eigenvalue weighted by molar-refractivity contribution is 7.18. The van der Waals surface area contributed by atoms with E-state index in [0.29, 0.717) is 16.5 Å². The summed E-state index contributed by atoms with van der Waals surface area (Å²) in [6.45, 7) is 5.13. The number of nitrogens with two attached hydrogens (primary N) is 3. The van der Waals surface area contributed by atoms with Crippen molar-refractivity contribution >= 4 is 85.4 Å². The van der Waals surface area contributed by atoms with Gasteiger partial charge in [-0.2, -0.15) is 0 Å². The SMILES string of the molecule is CCOC(=O)c1cc(C(=O)c2sc(N(c3ccc(F)cc3)[C@H](C)C(N)=O)nc2N)on1.CCOC(=O)c1cc(C(=O)c2sc(Nc3ccc(F)cc3)nc2N)on1. The number of thiazole rings is 2. The monoisotopic (exact) mass is 823 g/mol. The second-order valence-electron chi connectivity index (χ2n) is 11.3. The maximum atomic E-state index is 13.3. The summed E-state index contributed by atoms with van der Waals surface area (Å²) in [4.78, 5) is 70.3. The van der Waals surface area contributed by atoms with Crippen molar-refractivity contribution < 1.29 is 51.3 Å². The van der Waals surface area contributed by atoms with Gasteiger partial charge in [0, 0.05) is 23.5 Å². The third-order valence-electron chi connectivity index (χ3n) is 7.35. The van der Waals surface area contributed by atoms with Gasteiger partial charge in [-0.05, 0) is 69.3 Å². The van der Waals surface area contributed by atoms with Crippen LogP contribution in [0.15, 0.2) is 69.7 Å². The molecule has 0 bridgehead atoms. The molecule has 22 heteroatoms. The Bertz CT molecular complexity index is 2410. The Balaban J connectivity index is 0.000000221. The lowest BCUT2D eigenvalue weighted by Crippen LogP contribution is -2.39. The Kier molecular flexibility index (Phi) is 13.0. The first kappa shape index (κ1) is 41.1. The normalized spacial score (nSPS) is 11.2. The van der Waals surface area contributed by atoms with Crippen LogP contribution < -0.4 is 27.4 Å². The van der Waals surface area contributed by atoms with Gasteiger partial charge in [0.15, 0.2) is 21.7 Å². The van der Waals surface area contributed by atoms with E-state index < -0.39 is 41.3 Å². The second-order valence-corrected chi connectivity index (χ2v) is 13.2. The van der Waals surface area contributed by atoms with E-state index in [1.165, 1.54) is 66.4 Å². The predicted octanol–water partition coefficient (Wildman–Crippen LogP) is 5.28. The van der Waals surface area contributed by atoms with E-state index in [1.807, 2.05) is 0 Å². The van der Waals surface area contributed by atoms with E-state index in [0.717, 1.165) is 28.7 Å². The fraction of sp³-hybridized carbons (Fsp3) is 0.171. The van der Waals surface area contributed by atoms with Gasteiger partial charge in [-0.1, -0.05) is 33.0 Å². The minimum absolute atomic E-state index is 0.00121. The Morgan fingerprint density at radius 2 is 1.25 bits per heavy atom. The molecule has 0 fully saturated rings. The van der Waals surface area contributed by atoms with Gasteiger partial charge in [0.2, 0.25) is 29.0 Å². The number of ether oxygens (including phenoxy) is 2. The molecule has 1 atom stereocenters. The quantitative estimate of drug-likeness (QED) is 0.0803. The molecule has 57 heavy (non-hydrogen) atoms. The number of nitrogen functional groups attached to an aromatic ring is 2. The van der Waals surface area contributed by atoms with E-state index in [2.05, 4.69) is 25.6 Å². The van der Waals surface area contributed by atoms with Crippen molar-refractivity contribution in [3.05, 3.63) is 105 Å². The van der Waals surface area contributed by atoms with Crippen molar-refractivity contribution in [2.75, 3.05) is 34.9 Å². The third kappa shape index (κ3) is 9.79. The summed E-state index contributed by atoms with van der Waals surface area (Å²) in [5.74, 6) is -4.65. The van der Waals surface area contributed by atoms with Crippen LogP contribution >= 0.6 is 22.7 Å². The molecule has 4 aromatic heterocycles. The summed E-state index contributed by atoms with van der Waals surface area (Å²) in [6, 6.07) is 12.4. The number of aromatic nitrogens is 4. The van der Waals surface area contributed by atoms with Crippen LogP contribution in [0.4, 0.5) is 42.1 Å². The molecule has 0 saturated heterocycles. The van der Waals surface area contributed by atoms with Crippen molar-refractivity contribution in [3.63, 3.8) is 0 Å². The van der Waals surface area contributed by atoms with E-state index in [9.17, 15) is 32.8 Å². The summed E-state index contributed by atoms with van der Waals surface area (Å²) in [6.07, 6.45) is 0. The van der Waals surface area contributed by atoms with E-state index >= 15 is 0 Å². The van der Waals surface area contributed by atoms with Gasteiger partial charge in [0.05, 0.1) is 13.2 Å². The number of primary amides is 1. The molecule has 4 heterocycles. The number of carbonyl (C=O) groups is 5. The van der Waals surface area contributed by atoms with Gasteiger partial charge in [-0.3, -0.25) is 14.4 Å². The molecular weight excluding hydrogens is 793 g/mol. The average molecular weight is 824 g/mol. The lowest BCUT2D eigenvalue weighted by molar-refractivity contribution is -0.118. The number of hydrogen-bond acceptors (Lipinski definition) is 19. The van der Waals surface area contributed by atoms with E-state index in [-0.39, 0.29) is 68.5 Å². The standard InChI is InChI=1S/C19H18FN5O5S.C16H13FN4O4S/c1-3-29-18(28)12-8-13(30-24-12)14(26)15-16(21)23-19(31-15)25(9(2)17(22)27)11-6-4-10(20)5-7-11;1-2-24-15(23)10-7-11(25-21-10)12(22)13-14(18)20-16(26-13)19-9-5-3-8(17)4-6-9/h4-9H,3,21H2,1-2H3,(H2,22,27);3-7H,2,18H2,1H3,(H,19,20)/t9-;/m1./s1. The lowest BCUT2D eigenvalue weighted by Gasteiger charge is -2.26. The second kappa shape index (κ2) is 18.0. The summed E-state index contributed by atoms with van der Waals surface area (Å²) < 4.78 is 45.7. The number of hydrogen-bond donors (Lipinski definition) is 4. The van der Waals surface area contributed by atoms with Gasteiger partial charge < -0.3 is 45.9 Å². The number of nitrogens with one attached hydrogen (secondary N) is 1. The molecule has 296 valence electrons. The largest absolute Gasteiger partial charge is 0.461 e. The number of halogens is 2. The fourth-order valence-electron chi connectivity index (χ4n) is 4.61. The topological polar surface area (TPSA) is 275 Å². The van der Waals surface area contributed by atoms with Crippen LogP contribution in [0.25, 0.3) is 0 Å². The van der Waals surface area contributed by atoms with Crippen LogP contribution in [0.5, 0.6) is 0 Å². The Morgan fingerprint density at radius 1 is 0.772 bits per heavy atom. The number of amides is 1. The smallest absolute Gasteiger partial charge is 0.360 e. The van der Waals surface area contributed by atoms with Crippen LogP contribution in [-0.4, -0.2) is 68.9 Å².